The van der Waals surface area contributed by atoms with Crippen molar-refractivity contribution in [1.29, 1.82) is 0 Å². The summed E-state index contributed by atoms with van der Waals surface area (Å²) in [5, 5.41) is 0. The van der Waals surface area contributed by atoms with Crippen LogP contribution in [0, 0.1) is 5.92 Å². The van der Waals surface area contributed by atoms with Gasteiger partial charge in [-0.15, -0.1) is 0 Å². The van der Waals surface area contributed by atoms with Crippen molar-refractivity contribution in [2.75, 3.05) is 7.11 Å². The van der Waals surface area contributed by atoms with Gasteiger partial charge in [-0.2, -0.15) is 0 Å². The summed E-state index contributed by atoms with van der Waals surface area (Å²) in [6.07, 6.45) is 8.13. The van der Waals surface area contributed by atoms with Crippen molar-refractivity contribution in [3.63, 3.8) is 0 Å². The molecule has 0 radical (unpaired) electrons. The predicted octanol–water partition coefficient (Wildman–Crippen LogP) is 6.60. The van der Waals surface area contributed by atoms with E-state index in [1.165, 1.54) is 22.3 Å². The zero-order valence-corrected chi connectivity index (χ0v) is 15.6. The Balaban J connectivity index is 1.65. The molecule has 3 aromatic rings. The molecule has 0 amide bonds. The molecule has 1 aliphatic rings. The Bertz CT molecular complexity index is 921. The highest BCUT2D eigenvalue weighted by molar-refractivity contribution is 5.70. The topological polar surface area (TPSA) is 9.23 Å². The van der Waals surface area contributed by atoms with E-state index in [0.717, 1.165) is 12.2 Å². The van der Waals surface area contributed by atoms with Gasteiger partial charge in [0.25, 0.3) is 0 Å². The van der Waals surface area contributed by atoms with Gasteiger partial charge in [0.2, 0.25) is 0 Å². The third-order valence-corrected chi connectivity index (χ3v) is 5.28. The lowest BCUT2D eigenvalue weighted by Crippen LogP contribution is -2.03. The second-order valence-corrected chi connectivity index (χ2v) is 6.99. The number of benzene rings is 3. The zero-order valence-electron chi connectivity index (χ0n) is 15.6. The van der Waals surface area contributed by atoms with E-state index in [-0.39, 0.29) is 0 Å². The van der Waals surface area contributed by atoms with E-state index in [1.54, 1.807) is 7.11 Å². The molecule has 1 heteroatoms. The van der Waals surface area contributed by atoms with Gasteiger partial charge < -0.3 is 4.74 Å². The summed E-state index contributed by atoms with van der Waals surface area (Å²) in [6.45, 7) is 0. The first-order chi connectivity index (χ1) is 13.3. The smallest absolute Gasteiger partial charge is 0.118 e. The monoisotopic (exact) mass is 352 g/mol. The minimum absolute atomic E-state index is 0.381. The fourth-order valence-corrected chi connectivity index (χ4v) is 3.81. The first-order valence-corrected chi connectivity index (χ1v) is 9.47. The number of rotatable bonds is 5. The van der Waals surface area contributed by atoms with Crippen LogP contribution >= 0.6 is 0 Å². The lowest BCUT2D eigenvalue weighted by atomic mass is 9.88. The summed E-state index contributed by atoms with van der Waals surface area (Å²) in [5.41, 5.74) is 5.34. The molecule has 134 valence electrons. The van der Waals surface area contributed by atoms with Crippen molar-refractivity contribution in [1.82, 2.24) is 0 Å². The summed E-state index contributed by atoms with van der Waals surface area (Å²) < 4.78 is 5.33. The van der Waals surface area contributed by atoms with Crippen molar-refractivity contribution >= 4 is 11.6 Å². The Hall–Kier alpha value is -3.06. The maximum absolute atomic E-state index is 5.33. The van der Waals surface area contributed by atoms with Crippen LogP contribution in [0.3, 0.4) is 0 Å². The van der Waals surface area contributed by atoms with E-state index in [9.17, 15) is 0 Å². The van der Waals surface area contributed by atoms with Gasteiger partial charge >= 0.3 is 0 Å². The molecule has 0 aromatic heterocycles. The van der Waals surface area contributed by atoms with Gasteiger partial charge in [-0.05, 0) is 46.7 Å². The third kappa shape index (κ3) is 4.03. The minimum Gasteiger partial charge on any atom is -0.497 e. The van der Waals surface area contributed by atoms with Crippen molar-refractivity contribution in [3.8, 4) is 5.75 Å². The Labute approximate surface area is 161 Å². The SMILES string of the molecule is COc1ccc([C@@H]2C=C(c3ccccc3)C[C@H]2/C=C/c2ccccc2)cc1. The summed E-state index contributed by atoms with van der Waals surface area (Å²) in [4.78, 5) is 0. The maximum Gasteiger partial charge on any atom is 0.118 e. The standard InChI is InChI=1S/C26H24O/c1-27-25-16-14-22(15-17-25)26-19-24(21-10-6-3-7-11-21)18-23(26)13-12-20-8-4-2-5-9-20/h2-17,19,23,26H,18H2,1H3/b13-12+/t23-,26+/m1/s1. The highest BCUT2D eigenvalue weighted by atomic mass is 16.5. The van der Waals surface area contributed by atoms with Crippen LogP contribution in [0.1, 0.15) is 29.0 Å². The van der Waals surface area contributed by atoms with Crippen molar-refractivity contribution in [2.45, 2.75) is 12.3 Å². The molecule has 0 unspecified atom stereocenters. The van der Waals surface area contributed by atoms with E-state index in [0.29, 0.717) is 11.8 Å². The summed E-state index contributed by atoms with van der Waals surface area (Å²) in [7, 11) is 1.71. The van der Waals surface area contributed by atoms with Crippen molar-refractivity contribution < 1.29 is 4.74 Å². The van der Waals surface area contributed by atoms with Crippen LogP contribution in [0.4, 0.5) is 0 Å². The van der Waals surface area contributed by atoms with Crippen LogP contribution in [0.25, 0.3) is 11.6 Å². The van der Waals surface area contributed by atoms with Crippen LogP contribution in [-0.2, 0) is 0 Å². The molecule has 1 nitrogen and oxygen atoms in total. The quantitative estimate of drug-likeness (QED) is 0.503. The number of allylic oxidation sites excluding steroid dienone is 3. The van der Waals surface area contributed by atoms with Gasteiger partial charge in [-0.3, -0.25) is 0 Å². The molecular formula is C26H24O. The molecule has 4 rings (SSSR count). The van der Waals surface area contributed by atoms with Crippen molar-refractivity contribution in [2.24, 2.45) is 5.92 Å². The molecule has 1 aliphatic carbocycles. The van der Waals surface area contributed by atoms with Gasteiger partial charge in [-0.1, -0.05) is 91.0 Å². The third-order valence-electron chi connectivity index (χ3n) is 5.28. The first-order valence-electron chi connectivity index (χ1n) is 9.47. The average molecular weight is 352 g/mol. The Morgan fingerprint density at radius 3 is 2.15 bits per heavy atom. The predicted molar refractivity (Wildman–Crippen MR) is 114 cm³/mol. The van der Waals surface area contributed by atoms with Gasteiger partial charge in [-0.25, -0.2) is 0 Å². The zero-order chi connectivity index (χ0) is 18.5. The first kappa shape index (κ1) is 17.4. The molecule has 0 saturated carbocycles. The fourth-order valence-electron chi connectivity index (χ4n) is 3.81. The second kappa shape index (κ2) is 8.09. The van der Waals surface area contributed by atoms with Gasteiger partial charge in [0.15, 0.2) is 0 Å². The van der Waals surface area contributed by atoms with Crippen molar-refractivity contribution in [3.05, 3.63) is 114 Å². The van der Waals surface area contributed by atoms with Crippen LogP contribution in [0.2, 0.25) is 0 Å². The number of hydrogen-bond acceptors (Lipinski definition) is 1. The van der Waals surface area contributed by atoms with Crippen LogP contribution in [-0.4, -0.2) is 7.11 Å². The van der Waals surface area contributed by atoms with E-state index < -0.39 is 0 Å². The van der Waals surface area contributed by atoms with Gasteiger partial charge in [0.05, 0.1) is 7.11 Å². The van der Waals surface area contributed by atoms with Crippen LogP contribution in [0.5, 0.6) is 5.75 Å². The summed E-state index contributed by atoms with van der Waals surface area (Å²) in [5.74, 6) is 1.74. The minimum atomic E-state index is 0.381. The maximum atomic E-state index is 5.33. The van der Waals surface area contributed by atoms with Crippen LogP contribution < -0.4 is 4.74 Å². The Kier molecular flexibility index (Phi) is 5.20. The van der Waals surface area contributed by atoms with E-state index in [4.69, 9.17) is 4.74 Å². The molecular weight excluding hydrogens is 328 g/mol. The molecule has 0 N–H and O–H groups in total. The molecule has 0 fully saturated rings. The molecule has 27 heavy (non-hydrogen) atoms. The van der Waals surface area contributed by atoms with E-state index in [1.807, 2.05) is 0 Å². The molecule has 3 aromatic carbocycles. The Morgan fingerprint density at radius 2 is 1.48 bits per heavy atom. The Morgan fingerprint density at radius 1 is 0.815 bits per heavy atom. The summed E-state index contributed by atoms with van der Waals surface area (Å²) in [6, 6.07) is 29.8. The highest BCUT2D eigenvalue weighted by Gasteiger charge is 2.27. The highest BCUT2D eigenvalue weighted by Crippen LogP contribution is 2.43. The molecule has 0 saturated heterocycles. The average Bonchev–Trinajstić information content (AvgIpc) is 3.18. The number of hydrogen-bond donors (Lipinski definition) is 0. The largest absolute Gasteiger partial charge is 0.497 e. The molecule has 0 bridgehead atoms. The van der Waals surface area contributed by atoms with E-state index in [2.05, 4.69) is 103 Å². The number of methoxy groups -OCH3 is 1. The fraction of sp³-hybridized carbons (Fsp3) is 0.154. The lowest BCUT2D eigenvalue weighted by molar-refractivity contribution is 0.414. The lowest BCUT2D eigenvalue weighted by Gasteiger charge is -2.16. The molecule has 0 heterocycles. The number of ether oxygens (including phenoxy) is 1. The summed E-state index contributed by atoms with van der Waals surface area (Å²) >= 11 is 0. The van der Waals surface area contributed by atoms with Gasteiger partial charge in [0.1, 0.15) is 5.75 Å². The van der Waals surface area contributed by atoms with Gasteiger partial charge in [0, 0.05) is 5.92 Å². The van der Waals surface area contributed by atoms with Crippen LogP contribution in [0.15, 0.2) is 97.1 Å². The molecule has 2 atom stereocenters. The molecule has 0 aliphatic heterocycles. The normalized spacial score (nSPS) is 19.2. The second-order valence-electron chi connectivity index (χ2n) is 6.99. The van der Waals surface area contributed by atoms with E-state index >= 15 is 0 Å². The molecule has 0 spiro atoms.